The molecule has 0 aliphatic rings. The van der Waals surface area contributed by atoms with Crippen molar-refractivity contribution in [2.75, 3.05) is 6.61 Å². The first-order valence-corrected chi connectivity index (χ1v) is 4.63. The minimum atomic E-state index is -5.08. The summed E-state index contributed by atoms with van der Waals surface area (Å²) in [4.78, 5) is 26.3. The standard InChI is InChI=1S/C6H5ClN2O3.C2HF3O2/c7-4-1-8-2-5(9-4)12-3-6(10)11;3-2(4,5)1(6)7/h1-2H,3H2,(H,10,11);(H,6,7). The molecule has 1 heterocycles. The number of hydrogen-bond acceptors (Lipinski definition) is 5. The van der Waals surface area contributed by atoms with E-state index < -0.39 is 24.7 Å². The SMILES string of the molecule is O=C(O)C(F)(F)F.O=C(O)COc1cncc(Cl)n1. The Morgan fingerprint density at radius 2 is 1.84 bits per heavy atom. The summed E-state index contributed by atoms with van der Waals surface area (Å²) in [7, 11) is 0. The smallest absolute Gasteiger partial charge is 0.479 e. The number of ether oxygens (including phenoxy) is 1. The molecule has 0 amide bonds. The van der Waals surface area contributed by atoms with E-state index in [1.54, 1.807) is 0 Å². The largest absolute Gasteiger partial charge is 0.490 e. The number of hydrogen-bond donors (Lipinski definition) is 2. The lowest BCUT2D eigenvalue weighted by molar-refractivity contribution is -0.192. The van der Waals surface area contributed by atoms with Gasteiger partial charge in [-0.05, 0) is 0 Å². The summed E-state index contributed by atoms with van der Waals surface area (Å²) in [5.41, 5.74) is 0. The van der Waals surface area contributed by atoms with Crippen LogP contribution in [0.1, 0.15) is 0 Å². The Hall–Kier alpha value is -2.10. The van der Waals surface area contributed by atoms with Gasteiger partial charge < -0.3 is 14.9 Å². The van der Waals surface area contributed by atoms with Gasteiger partial charge in [0, 0.05) is 0 Å². The van der Waals surface area contributed by atoms with E-state index in [9.17, 15) is 18.0 Å². The van der Waals surface area contributed by atoms with Crippen LogP contribution in [-0.4, -0.2) is 44.9 Å². The number of nitrogens with zero attached hydrogens (tertiary/aromatic N) is 2. The first kappa shape index (κ1) is 16.9. The molecule has 0 saturated carbocycles. The summed E-state index contributed by atoms with van der Waals surface area (Å²) in [5.74, 6) is -3.73. The molecular weight excluding hydrogens is 297 g/mol. The van der Waals surface area contributed by atoms with Gasteiger partial charge in [-0.15, -0.1) is 0 Å². The molecular formula is C8H6ClF3N2O5. The molecule has 0 aromatic carbocycles. The Labute approximate surface area is 108 Å². The van der Waals surface area contributed by atoms with E-state index in [1.165, 1.54) is 12.4 Å². The third-order valence-electron chi connectivity index (χ3n) is 1.17. The van der Waals surface area contributed by atoms with Crippen molar-refractivity contribution in [1.82, 2.24) is 9.97 Å². The molecule has 0 fully saturated rings. The minimum Gasteiger partial charge on any atom is -0.479 e. The van der Waals surface area contributed by atoms with Gasteiger partial charge in [0.2, 0.25) is 5.88 Å². The van der Waals surface area contributed by atoms with E-state index in [4.69, 9.17) is 31.3 Å². The van der Waals surface area contributed by atoms with Crippen molar-refractivity contribution in [3.8, 4) is 5.88 Å². The van der Waals surface area contributed by atoms with Crippen LogP contribution in [0.2, 0.25) is 5.15 Å². The number of rotatable bonds is 3. The quantitative estimate of drug-likeness (QED) is 0.864. The zero-order valence-corrected chi connectivity index (χ0v) is 9.64. The van der Waals surface area contributed by atoms with Crippen molar-refractivity contribution in [3.05, 3.63) is 17.5 Å². The predicted octanol–water partition coefficient (Wildman–Crippen LogP) is 1.23. The van der Waals surface area contributed by atoms with Crippen LogP contribution in [0.3, 0.4) is 0 Å². The van der Waals surface area contributed by atoms with Crippen LogP contribution in [-0.2, 0) is 9.59 Å². The molecule has 0 aliphatic heterocycles. The number of alkyl halides is 3. The first-order chi connectivity index (χ1) is 8.62. The van der Waals surface area contributed by atoms with Crippen LogP contribution in [0, 0.1) is 0 Å². The highest BCUT2D eigenvalue weighted by Crippen LogP contribution is 2.13. The maximum absolute atomic E-state index is 10.6. The second-order valence-corrected chi connectivity index (χ2v) is 3.05. The van der Waals surface area contributed by atoms with E-state index in [0.29, 0.717) is 0 Å². The molecule has 19 heavy (non-hydrogen) atoms. The van der Waals surface area contributed by atoms with Gasteiger partial charge in [0.05, 0.1) is 12.4 Å². The average molecular weight is 303 g/mol. The lowest BCUT2D eigenvalue weighted by Crippen LogP contribution is -2.21. The maximum Gasteiger partial charge on any atom is 0.490 e. The Bertz CT molecular complexity index is 454. The highest BCUT2D eigenvalue weighted by molar-refractivity contribution is 6.29. The van der Waals surface area contributed by atoms with E-state index >= 15 is 0 Å². The Kier molecular flexibility index (Phi) is 6.55. The van der Waals surface area contributed by atoms with Crippen LogP contribution >= 0.6 is 11.6 Å². The highest BCUT2D eigenvalue weighted by atomic mass is 35.5. The molecule has 0 atom stereocenters. The Balaban J connectivity index is 0.000000399. The molecule has 0 spiro atoms. The zero-order chi connectivity index (χ0) is 15.1. The third kappa shape index (κ3) is 8.60. The number of aromatic nitrogens is 2. The van der Waals surface area contributed by atoms with E-state index in [2.05, 4.69) is 9.97 Å². The van der Waals surface area contributed by atoms with E-state index in [0.717, 1.165) is 0 Å². The van der Waals surface area contributed by atoms with Crippen LogP contribution in [0.4, 0.5) is 13.2 Å². The summed E-state index contributed by atoms with van der Waals surface area (Å²) in [6.07, 6.45) is -2.47. The summed E-state index contributed by atoms with van der Waals surface area (Å²) >= 11 is 5.46. The van der Waals surface area contributed by atoms with Gasteiger partial charge in [-0.25, -0.2) is 9.59 Å². The Morgan fingerprint density at radius 1 is 1.32 bits per heavy atom. The van der Waals surface area contributed by atoms with Gasteiger partial charge in [0.25, 0.3) is 0 Å². The van der Waals surface area contributed by atoms with Crippen LogP contribution < -0.4 is 4.74 Å². The predicted molar refractivity (Wildman–Crippen MR) is 53.9 cm³/mol. The number of aliphatic carboxylic acids is 2. The fraction of sp³-hybridized carbons (Fsp3) is 0.250. The van der Waals surface area contributed by atoms with Crippen molar-refractivity contribution in [2.24, 2.45) is 0 Å². The molecule has 0 unspecified atom stereocenters. The van der Waals surface area contributed by atoms with Gasteiger partial charge in [-0.2, -0.15) is 18.2 Å². The lowest BCUT2D eigenvalue weighted by atomic mass is 10.7. The van der Waals surface area contributed by atoms with E-state index in [-0.39, 0.29) is 11.0 Å². The van der Waals surface area contributed by atoms with Gasteiger partial charge in [-0.1, -0.05) is 11.6 Å². The topological polar surface area (TPSA) is 110 Å². The fourth-order valence-corrected chi connectivity index (χ4v) is 0.670. The molecule has 1 rings (SSSR count). The fourth-order valence-electron chi connectivity index (χ4n) is 0.531. The summed E-state index contributed by atoms with van der Waals surface area (Å²) in [5, 5.41) is 15.5. The van der Waals surface area contributed by atoms with Crippen LogP contribution in [0.15, 0.2) is 12.4 Å². The number of carboxylic acid groups (broad SMARTS) is 2. The molecule has 0 aliphatic carbocycles. The molecule has 1 aromatic rings. The second kappa shape index (κ2) is 7.36. The normalized spacial score (nSPS) is 10.1. The molecule has 0 bridgehead atoms. The monoisotopic (exact) mass is 302 g/mol. The lowest BCUT2D eigenvalue weighted by Gasteiger charge is -1.99. The molecule has 0 radical (unpaired) electrons. The number of carbonyl (C=O) groups is 2. The van der Waals surface area contributed by atoms with Crippen molar-refractivity contribution >= 4 is 23.5 Å². The summed E-state index contributed by atoms with van der Waals surface area (Å²) in [6, 6.07) is 0. The summed E-state index contributed by atoms with van der Waals surface area (Å²) in [6.45, 7) is -0.449. The second-order valence-electron chi connectivity index (χ2n) is 2.67. The molecule has 0 saturated heterocycles. The zero-order valence-electron chi connectivity index (χ0n) is 8.89. The minimum absolute atomic E-state index is 0.102. The van der Waals surface area contributed by atoms with Crippen molar-refractivity contribution in [3.63, 3.8) is 0 Å². The molecule has 106 valence electrons. The highest BCUT2D eigenvalue weighted by Gasteiger charge is 2.38. The molecule has 1 aromatic heterocycles. The van der Waals surface area contributed by atoms with E-state index in [1.807, 2.05) is 0 Å². The van der Waals surface area contributed by atoms with Gasteiger partial charge in [-0.3, -0.25) is 4.98 Å². The summed E-state index contributed by atoms with van der Waals surface area (Å²) < 4.78 is 36.4. The number of carboxylic acids is 2. The third-order valence-corrected chi connectivity index (χ3v) is 1.35. The molecule has 2 N–H and O–H groups in total. The van der Waals surface area contributed by atoms with Crippen molar-refractivity contribution < 1.29 is 37.7 Å². The number of halogens is 4. The van der Waals surface area contributed by atoms with Crippen LogP contribution in [0.5, 0.6) is 5.88 Å². The van der Waals surface area contributed by atoms with Gasteiger partial charge in [0.15, 0.2) is 11.8 Å². The first-order valence-electron chi connectivity index (χ1n) is 4.25. The van der Waals surface area contributed by atoms with Crippen molar-refractivity contribution in [1.29, 1.82) is 0 Å². The Morgan fingerprint density at radius 3 is 2.21 bits per heavy atom. The molecule has 7 nitrogen and oxygen atoms in total. The average Bonchev–Trinajstić information content (AvgIpc) is 2.26. The van der Waals surface area contributed by atoms with Gasteiger partial charge in [0.1, 0.15) is 0 Å². The van der Waals surface area contributed by atoms with Crippen LogP contribution in [0.25, 0.3) is 0 Å². The van der Waals surface area contributed by atoms with Gasteiger partial charge >= 0.3 is 18.1 Å². The van der Waals surface area contributed by atoms with Crippen molar-refractivity contribution in [2.45, 2.75) is 6.18 Å². The maximum atomic E-state index is 10.6. The molecule has 11 heteroatoms.